The minimum Gasteiger partial charge on any atom is -0.494 e. The standard InChI is InChI=1S/C13H16O5/c1-3-4-7-18-9-5-6-10(12(14)15)11(8-9)13(16)17-2/h5-6,8H,3-4,7H2,1-2H3,(H,14,15). The van der Waals surface area contributed by atoms with Gasteiger partial charge in [0, 0.05) is 0 Å². The predicted molar refractivity (Wildman–Crippen MR) is 65.1 cm³/mol. The Morgan fingerprint density at radius 1 is 1.28 bits per heavy atom. The van der Waals surface area contributed by atoms with E-state index in [1.54, 1.807) is 0 Å². The molecule has 0 saturated heterocycles. The van der Waals surface area contributed by atoms with E-state index in [9.17, 15) is 9.59 Å². The van der Waals surface area contributed by atoms with Gasteiger partial charge in [-0.15, -0.1) is 0 Å². The molecule has 1 aromatic rings. The lowest BCUT2D eigenvalue weighted by atomic mass is 10.1. The first-order valence-corrected chi connectivity index (χ1v) is 5.68. The zero-order valence-electron chi connectivity index (χ0n) is 10.4. The molecule has 0 amide bonds. The molecule has 98 valence electrons. The van der Waals surface area contributed by atoms with E-state index in [0.717, 1.165) is 12.8 Å². The number of hydrogen-bond acceptors (Lipinski definition) is 4. The van der Waals surface area contributed by atoms with Gasteiger partial charge >= 0.3 is 11.9 Å². The molecule has 0 radical (unpaired) electrons. The summed E-state index contributed by atoms with van der Waals surface area (Å²) in [5.41, 5.74) is -0.0938. The van der Waals surface area contributed by atoms with Crippen LogP contribution in [0.25, 0.3) is 0 Å². The largest absolute Gasteiger partial charge is 0.494 e. The molecule has 1 N–H and O–H groups in total. The third-order valence-corrected chi connectivity index (χ3v) is 2.39. The quantitative estimate of drug-likeness (QED) is 0.621. The van der Waals surface area contributed by atoms with Gasteiger partial charge in [0.05, 0.1) is 24.8 Å². The van der Waals surface area contributed by atoms with Crippen molar-refractivity contribution >= 4 is 11.9 Å². The summed E-state index contributed by atoms with van der Waals surface area (Å²) in [7, 11) is 1.21. The SMILES string of the molecule is CCCCOc1ccc(C(=O)O)c(C(=O)OC)c1. The fourth-order valence-corrected chi connectivity index (χ4v) is 1.41. The van der Waals surface area contributed by atoms with E-state index >= 15 is 0 Å². The molecule has 0 bridgehead atoms. The van der Waals surface area contributed by atoms with Gasteiger partial charge in [-0.2, -0.15) is 0 Å². The van der Waals surface area contributed by atoms with Crippen LogP contribution in [0.4, 0.5) is 0 Å². The summed E-state index contributed by atoms with van der Waals surface area (Å²) in [6, 6.07) is 4.27. The Hall–Kier alpha value is -2.04. The topological polar surface area (TPSA) is 72.8 Å². The molecule has 1 aromatic carbocycles. The molecule has 18 heavy (non-hydrogen) atoms. The van der Waals surface area contributed by atoms with Crippen molar-refractivity contribution in [2.75, 3.05) is 13.7 Å². The molecule has 0 unspecified atom stereocenters. The number of unbranched alkanes of at least 4 members (excludes halogenated alkanes) is 1. The number of aromatic carboxylic acids is 1. The van der Waals surface area contributed by atoms with E-state index < -0.39 is 11.9 Å². The van der Waals surface area contributed by atoms with E-state index in [4.69, 9.17) is 9.84 Å². The van der Waals surface area contributed by atoms with Gasteiger partial charge < -0.3 is 14.6 Å². The first-order valence-electron chi connectivity index (χ1n) is 5.68. The molecule has 0 aliphatic heterocycles. The van der Waals surface area contributed by atoms with Crippen molar-refractivity contribution in [2.45, 2.75) is 19.8 Å². The number of esters is 1. The third-order valence-electron chi connectivity index (χ3n) is 2.39. The Morgan fingerprint density at radius 3 is 2.56 bits per heavy atom. The van der Waals surface area contributed by atoms with Crippen LogP contribution in [0.3, 0.4) is 0 Å². The smallest absolute Gasteiger partial charge is 0.338 e. The monoisotopic (exact) mass is 252 g/mol. The lowest BCUT2D eigenvalue weighted by molar-refractivity contribution is 0.0582. The normalized spacial score (nSPS) is 9.89. The fraction of sp³-hybridized carbons (Fsp3) is 0.385. The summed E-state index contributed by atoms with van der Waals surface area (Å²) in [4.78, 5) is 22.4. The average molecular weight is 252 g/mol. The van der Waals surface area contributed by atoms with Gasteiger partial charge in [0.25, 0.3) is 0 Å². The number of carboxylic acid groups (broad SMARTS) is 1. The van der Waals surface area contributed by atoms with Crippen molar-refractivity contribution in [3.05, 3.63) is 29.3 Å². The van der Waals surface area contributed by atoms with Crippen LogP contribution in [-0.2, 0) is 4.74 Å². The zero-order chi connectivity index (χ0) is 13.5. The second kappa shape index (κ2) is 6.64. The molecule has 0 atom stereocenters. The summed E-state index contributed by atoms with van der Waals surface area (Å²) in [5, 5.41) is 8.97. The second-order valence-corrected chi connectivity index (χ2v) is 3.71. The third kappa shape index (κ3) is 3.48. The van der Waals surface area contributed by atoms with Crippen molar-refractivity contribution in [1.29, 1.82) is 0 Å². The van der Waals surface area contributed by atoms with E-state index in [-0.39, 0.29) is 11.1 Å². The summed E-state index contributed by atoms with van der Waals surface area (Å²) >= 11 is 0. The number of methoxy groups -OCH3 is 1. The molecule has 1 rings (SSSR count). The van der Waals surface area contributed by atoms with Crippen LogP contribution in [0, 0.1) is 0 Å². The number of rotatable bonds is 6. The lowest BCUT2D eigenvalue weighted by Gasteiger charge is -2.09. The van der Waals surface area contributed by atoms with Gasteiger partial charge in [0.2, 0.25) is 0 Å². The van der Waals surface area contributed by atoms with Gasteiger partial charge in [-0.05, 0) is 24.6 Å². The van der Waals surface area contributed by atoms with Crippen LogP contribution in [0.2, 0.25) is 0 Å². The second-order valence-electron chi connectivity index (χ2n) is 3.71. The van der Waals surface area contributed by atoms with Gasteiger partial charge in [-0.1, -0.05) is 13.3 Å². The first kappa shape index (κ1) is 14.0. The molecule has 5 nitrogen and oxygen atoms in total. The molecular weight excluding hydrogens is 236 g/mol. The number of carbonyl (C=O) groups is 2. The highest BCUT2D eigenvalue weighted by Crippen LogP contribution is 2.19. The number of benzene rings is 1. The van der Waals surface area contributed by atoms with E-state index in [1.165, 1.54) is 25.3 Å². The number of carbonyl (C=O) groups excluding carboxylic acids is 1. The Labute approximate surface area is 105 Å². The van der Waals surface area contributed by atoms with Crippen molar-refractivity contribution in [3.8, 4) is 5.75 Å². The summed E-state index contributed by atoms with van der Waals surface area (Å²) in [6.45, 7) is 2.57. The Bertz CT molecular complexity index is 439. The maximum Gasteiger partial charge on any atom is 0.338 e. The maximum absolute atomic E-state index is 11.5. The molecule has 0 aliphatic rings. The van der Waals surface area contributed by atoms with Crippen LogP contribution >= 0.6 is 0 Å². The number of ether oxygens (including phenoxy) is 2. The minimum atomic E-state index is -1.17. The van der Waals surface area contributed by atoms with Gasteiger partial charge in [0.1, 0.15) is 5.75 Å². The number of carboxylic acids is 1. The first-order chi connectivity index (χ1) is 8.60. The van der Waals surface area contributed by atoms with E-state index in [0.29, 0.717) is 12.4 Å². The molecule has 0 spiro atoms. The summed E-state index contributed by atoms with van der Waals surface area (Å²) in [6.07, 6.45) is 1.89. The molecule has 0 heterocycles. The van der Waals surface area contributed by atoms with Gasteiger partial charge in [-0.3, -0.25) is 0 Å². The Morgan fingerprint density at radius 2 is 2.00 bits per heavy atom. The van der Waals surface area contributed by atoms with Crippen molar-refractivity contribution in [1.82, 2.24) is 0 Å². The van der Waals surface area contributed by atoms with Crippen LogP contribution in [0.5, 0.6) is 5.75 Å². The molecule has 0 saturated carbocycles. The van der Waals surface area contributed by atoms with Gasteiger partial charge in [-0.25, -0.2) is 9.59 Å². The van der Waals surface area contributed by atoms with E-state index in [2.05, 4.69) is 4.74 Å². The Kier molecular flexibility index (Phi) is 5.17. The van der Waals surface area contributed by atoms with E-state index in [1.807, 2.05) is 6.92 Å². The van der Waals surface area contributed by atoms with Crippen LogP contribution in [-0.4, -0.2) is 30.8 Å². The molecular formula is C13H16O5. The Balaban J connectivity index is 2.98. The highest BCUT2D eigenvalue weighted by atomic mass is 16.5. The van der Waals surface area contributed by atoms with Crippen LogP contribution in [0.1, 0.15) is 40.5 Å². The van der Waals surface area contributed by atoms with Crippen LogP contribution in [0.15, 0.2) is 18.2 Å². The lowest BCUT2D eigenvalue weighted by Crippen LogP contribution is -2.10. The van der Waals surface area contributed by atoms with Crippen molar-refractivity contribution in [2.24, 2.45) is 0 Å². The van der Waals surface area contributed by atoms with Gasteiger partial charge in [0.15, 0.2) is 0 Å². The highest BCUT2D eigenvalue weighted by molar-refractivity contribution is 6.02. The molecule has 5 heteroatoms. The highest BCUT2D eigenvalue weighted by Gasteiger charge is 2.17. The maximum atomic E-state index is 11.5. The zero-order valence-corrected chi connectivity index (χ0v) is 10.4. The molecule has 0 fully saturated rings. The minimum absolute atomic E-state index is 0.000927. The summed E-state index contributed by atoms with van der Waals surface area (Å²) in [5.74, 6) is -1.39. The fourth-order valence-electron chi connectivity index (χ4n) is 1.41. The van der Waals surface area contributed by atoms with Crippen molar-refractivity contribution in [3.63, 3.8) is 0 Å². The van der Waals surface area contributed by atoms with Crippen molar-refractivity contribution < 1.29 is 24.2 Å². The average Bonchev–Trinajstić information content (AvgIpc) is 2.37. The molecule has 0 aliphatic carbocycles. The van der Waals surface area contributed by atoms with Crippen LogP contribution < -0.4 is 4.74 Å². The summed E-state index contributed by atoms with van der Waals surface area (Å²) < 4.78 is 9.97. The predicted octanol–water partition coefficient (Wildman–Crippen LogP) is 2.35. The number of hydrogen-bond donors (Lipinski definition) is 1. The molecule has 0 aromatic heterocycles.